The normalized spacial score (nSPS) is 11.7. The number of aromatic nitrogens is 1. The first-order valence-electron chi connectivity index (χ1n) is 5.88. The zero-order chi connectivity index (χ0) is 14.7. The van der Waals surface area contributed by atoms with Crippen LogP contribution in [0.3, 0.4) is 0 Å². The third kappa shape index (κ3) is 2.92. The fourth-order valence-corrected chi connectivity index (χ4v) is 2.52. The number of nitrogens with zero attached hydrogens (tertiary/aromatic N) is 3. The van der Waals surface area contributed by atoms with Crippen molar-refractivity contribution >= 4 is 22.7 Å². The molecule has 1 unspecified atom stereocenters. The number of thiazole rings is 1. The molecule has 0 spiro atoms. The third-order valence-electron chi connectivity index (χ3n) is 2.70. The Labute approximate surface area is 119 Å². The number of nitriles is 1. The van der Waals surface area contributed by atoms with Gasteiger partial charge in [0.15, 0.2) is 0 Å². The summed E-state index contributed by atoms with van der Waals surface area (Å²) in [6.45, 7) is 3.83. The molecule has 0 aliphatic carbocycles. The van der Waals surface area contributed by atoms with Gasteiger partial charge in [-0.05, 0) is 26.0 Å². The Bertz CT molecular complexity index is 690. The first kappa shape index (κ1) is 14.0. The van der Waals surface area contributed by atoms with E-state index in [1.165, 1.54) is 29.5 Å². The smallest absolute Gasteiger partial charge is 0.292 e. The average Bonchev–Trinajstić information content (AvgIpc) is 2.85. The monoisotopic (exact) mass is 288 g/mol. The lowest BCUT2D eigenvalue weighted by Gasteiger charge is -2.13. The van der Waals surface area contributed by atoms with E-state index in [1.54, 1.807) is 6.20 Å². The van der Waals surface area contributed by atoms with Crippen LogP contribution in [0.4, 0.5) is 11.4 Å². The van der Waals surface area contributed by atoms with E-state index in [2.05, 4.69) is 10.3 Å². The van der Waals surface area contributed by atoms with E-state index in [0.717, 1.165) is 9.88 Å². The van der Waals surface area contributed by atoms with Gasteiger partial charge in [-0.15, -0.1) is 11.3 Å². The first-order valence-corrected chi connectivity index (χ1v) is 6.70. The first-order chi connectivity index (χ1) is 9.51. The second-order valence-electron chi connectivity index (χ2n) is 4.28. The van der Waals surface area contributed by atoms with E-state index in [1.807, 2.05) is 19.9 Å². The molecule has 1 atom stereocenters. The van der Waals surface area contributed by atoms with Gasteiger partial charge < -0.3 is 5.32 Å². The van der Waals surface area contributed by atoms with Gasteiger partial charge in [0.25, 0.3) is 5.69 Å². The molecule has 1 heterocycles. The van der Waals surface area contributed by atoms with Crippen LogP contribution >= 0.6 is 11.3 Å². The summed E-state index contributed by atoms with van der Waals surface area (Å²) in [6.07, 6.45) is 1.76. The van der Waals surface area contributed by atoms with Crippen LogP contribution in [-0.2, 0) is 0 Å². The molecule has 1 aromatic heterocycles. The van der Waals surface area contributed by atoms with Crippen molar-refractivity contribution in [1.29, 1.82) is 5.26 Å². The van der Waals surface area contributed by atoms with Crippen LogP contribution in [-0.4, -0.2) is 9.91 Å². The lowest BCUT2D eigenvalue weighted by Crippen LogP contribution is -2.08. The highest BCUT2D eigenvalue weighted by molar-refractivity contribution is 7.11. The Kier molecular flexibility index (Phi) is 3.96. The molecule has 2 rings (SSSR count). The summed E-state index contributed by atoms with van der Waals surface area (Å²) in [6, 6.07) is 6.06. The van der Waals surface area contributed by atoms with E-state index >= 15 is 0 Å². The lowest BCUT2D eigenvalue weighted by molar-refractivity contribution is -0.384. The maximum absolute atomic E-state index is 11.0. The molecule has 0 aliphatic rings. The quantitative estimate of drug-likeness (QED) is 0.687. The van der Waals surface area contributed by atoms with Crippen LogP contribution < -0.4 is 5.32 Å². The molecule has 7 heteroatoms. The highest BCUT2D eigenvalue weighted by atomic mass is 32.1. The number of hydrogen-bond acceptors (Lipinski definition) is 6. The molecule has 2 aromatic rings. The number of anilines is 1. The van der Waals surface area contributed by atoms with Gasteiger partial charge in [0, 0.05) is 17.1 Å². The second-order valence-corrected chi connectivity index (χ2v) is 5.54. The average molecular weight is 288 g/mol. The molecule has 1 N–H and O–H groups in total. The maximum Gasteiger partial charge on any atom is 0.292 e. The SMILES string of the molecule is Cc1cnc(C(C)Nc2cc(C#N)ccc2[N+](=O)[O-])s1. The summed E-state index contributed by atoms with van der Waals surface area (Å²) in [5, 5.41) is 23.8. The summed E-state index contributed by atoms with van der Waals surface area (Å²) in [5.74, 6) is 0. The molecule has 0 bridgehead atoms. The maximum atomic E-state index is 11.0. The third-order valence-corrected chi connectivity index (χ3v) is 3.80. The predicted octanol–water partition coefficient (Wildman–Crippen LogP) is 3.40. The minimum Gasteiger partial charge on any atom is -0.370 e. The highest BCUT2D eigenvalue weighted by Crippen LogP contribution is 2.30. The number of benzene rings is 1. The fraction of sp³-hybridized carbons (Fsp3) is 0.231. The Morgan fingerprint density at radius 2 is 2.30 bits per heavy atom. The minimum atomic E-state index is -0.469. The largest absolute Gasteiger partial charge is 0.370 e. The van der Waals surface area contributed by atoms with Crippen LogP contribution in [0, 0.1) is 28.4 Å². The zero-order valence-electron chi connectivity index (χ0n) is 11.0. The highest BCUT2D eigenvalue weighted by Gasteiger charge is 2.18. The standard InChI is InChI=1S/C13H12N4O2S/c1-8-7-15-13(20-8)9(2)16-11-5-10(6-14)3-4-12(11)17(18)19/h3-5,7,9,16H,1-2H3. The number of nitro groups is 1. The summed E-state index contributed by atoms with van der Waals surface area (Å²) >= 11 is 1.53. The van der Waals surface area contributed by atoms with Crippen molar-refractivity contribution in [2.75, 3.05) is 5.32 Å². The fourth-order valence-electron chi connectivity index (χ4n) is 1.75. The number of aryl methyl sites for hydroxylation is 1. The van der Waals surface area contributed by atoms with E-state index in [4.69, 9.17) is 5.26 Å². The molecule has 0 radical (unpaired) electrons. The van der Waals surface area contributed by atoms with Crippen molar-refractivity contribution in [3.05, 3.63) is 50.0 Å². The van der Waals surface area contributed by atoms with Gasteiger partial charge >= 0.3 is 0 Å². The Hall–Kier alpha value is -2.46. The number of hydrogen-bond donors (Lipinski definition) is 1. The van der Waals surface area contributed by atoms with Crippen molar-refractivity contribution in [2.24, 2.45) is 0 Å². The van der Waals surface area contributed by atoms with E-state index < -0.39 is 4.92 Å². The van der Waals surface area contributed by atoms with Crippen molar-refractivity contribution in [2.45, 2.75) is 19.9 Å². The van der Waals surface area contributed by atoms with Gasteiger partial charge in [-0.2, -0.15) is 5.26 Å². The molecular formula is C13H12N4O2S. The van der Waals surface area contributed by atoms with Crippen LogP contribution in [0.15, 0.2) is 24.4 Å². The molecule has 6 nitrogen and oxygen atoms in total. The van der Waals surface area contributed by atoms with Crippen LogP contribution in [0.5, 0.6) is 0 Å². The van der Waals surface area contributed by atoms with Crippen LogP contribution in [0.1, 0.15) is 28.4 Å². The number of nitro benzene ring substituents is 1. The Morgan fingerprint density at radius 1 is 1.55 bits per heavy atom. The molecule has 0 saturated heterocycles. The molecular weight excluding hydrogens is 276 g/mol. The molecule has 0 saturated carbocycles. The van der Waals surface area contributed by atoms with E-state index in [-0.39, 0.29) is 11.7 Å². The summed E-state index contributed by atoms with van der Waals surface area (Å²) in [5.41, 5.74) is 0.652. The van der Waals surface area contributed by atoms with Gasteiger partial charge in [-0.3, -0.25) is 10.1 Å². The minimum absolute atomic E-state index is 0.0517. The van der Waals surface area contributed by atoms with E-state index in [9.17, 15) is 10.1 Å². The molecule has 102 valence electrons. The summed E-state index contributed by atoms with van der Waals surface area (Å²) in [4.78, 5) is 15.9. The Balaban J connectivity index is 2.32. The number of rotatable bonds is 4. The van der Waals surface area contributed by atoms with Gasteiger partial charge in [0.05, 0.1) is 22.6 Å². The summed E-state index contributed by atoms with van der Waals surface area (Å²) in [7, 11) is 0. The van der Waals surface area contributed by atoms with Crippen molar-refractivity contribution < 1.29 is 4.92 Å². The van der Waals surface area contributed by atoms with Gasteiger partial charge in [0.1, 0.15) is 10.7 Å². The zero-order valence-corrected chi connectivity index (χ0v) is 11.8. The molecule has 1 aromatic carbocycles. The lowest BCUT2D eigenvalue weighted by atomic mass is 10.1. The van der Waals surface area contributed by atoms with Crippen LogP contribution in [0.2, 0.25) is 0 Å². The molecule has 20 heavy (non-hydrogen) atoms. The van der Waals surface area contributed by atoms with Crippen molar-refractivity contribution in [1.82, 2.24) is 4.98 Å². The van der Waals surface area contributed by atoms with E-state index in [0.29, 0.717) is 11.3 Å². The molecule has 0 fully saturated rings. The molecule has 0 amide bonds. The van der Waals surface area contributed by atoms with Crippen LogP contribution in [0.25, 0.3) is 0 Å². The topological polar surface area (TPSA) is 91.8 Å². The van der Waals surface area contributed by atoms with Crippen molar-refractivity contribution in [3.8, 4) is 6.07 Å². The number of nitrogens with one attached hydrogen (secondary N) is 1. The molecule has 0 aliphatic heterocycles. The van der Waals surface area contributed by atoms with Gasteiger partial charge in [0.2, 0.25) is 0 Å². The van der Waals surface area contributed by atoms with Gasteiger partial charge in [-0.1, -0.05) is 0 Å². The van der Waals surface area contributed by atoms with Gasteiger partial charge in [-0.25, -0.2) is 4.98 Å². The Morgan fingerprint density at radius 3 is 2.85 bits per heavy atom. The predicted molar refractivity (Wildman–Crippen MR) is 76.7 cm³/mol. The second kappa shape index (κ2) is 5.67. The van der Waals surface area contributed by atoms with Crippen molar-refractivity contribution in [3.63, 3.8) is 0 Å². The summed E-state index contributed by atoms with van der Waals surface area (Å²) < 4.78 is 0.